The van der Waals surface area contributed by atoms with Crippen molar-refractivity contribution in [2.75, 3.05) is 5.32 Å². The number of fused-ring (bicyclic) bond motifs is 1. The molecule has 29 heavy (non-hydrogen) atoms. The van der Waals surface area contributed by atoms with Gasteiger partial charge in [-0.25, -0.2) is 9.78 Å². The minimum Gasteiger partial charge on any atom is -0.408 e. The molecule has 0 spiro atoms. The lowest BCUT2D eigenvalue weighted by Crippen LogP contribution is -2.07. The highest BCUT2D eigenvalue weighted by atomic mass is 32.1. The molecule has 2 heterocycles. The van der Waals surface area contributed by atoms with Crippen LogP contribution in [0.25, 0.3) is 28.4 Å². The minimum atomic E-state index is -0.525. The third kappa shape index (κ3) is 4.12. The number of aromatic amines is 1. The van der Waals surface area contributed by atoms with Gasteiger partial charge >= 0.3 is 5.76 Å². The Morgan fingerprint density at radius 1 is 1.24 bits per heavy atom. The van der Waals surface area contributed by atoms with E-state index in [0.29, 0.717) is 27.5 Å². The summed E-state index contributed by atoms with van der Waals surface area (Å²) in [5.74, 6) is -0.901. The first-order valence-corrected chi connectivity index (χ1v) is 9.18. The second kappa shape index (κ2) is 7.52. The van der Waals surface area contributed by atoms with Crippen LogP contribution in [0.1, 0.15) is 5.56 Å². The van der Waals surface area contributed by atoms with E-state index in [0.717, 1.165) is 5.56 Å². The molecular weight excluding hydrogens is 396 g/mol. The third-order valence-corrected chi connectivity index (χ3v) is 4.74. The molecule has 0 radical (unpaired) electrons. The average Bonchev–Trinajstić information content (AvgIpc) is 3.31. The number of rotatable bonds is 5. The fourth-order valence-corrected chi connectivity index (χ4v) is 3.32. The van der Waals surface area contributed by atoms with Crippen molar-refractivity contribution in [2.24, 2.45) is 0 Å². The molecule has 0 atom stereocenters. The van der Waals surface area contributed by atoms with Crippen molar-refractivity contribution in [3.8, 4) is 11.3 Å². The van der Waals surface area contributed by atoms with Crippen LogP contribution in [0, 0.1) is 10.1 Å². The number of benzene rings is 2. The van der Waals surface area contributed by atoms with Crippen LogP contribution in [0.2, 0.25) is 0 Å². The van der Waals surface area contributed by atoms with Crippen molar-refractivity contribution in [1.82, 2.24) is 9.97 Å². The van der Waals surface area contributed by atoms with Gasteiger partial charge in [-0.1, -0.05) is 0 Å². The number of nitro benzene ring substituents is 1. The summed E-state index contributed by atoms with van der Waals surface area (Å²) in [6.07, 6.45) is 2.88. The van der Waals surface area contributed by atoms with Crippen LogP contribution in [0.3, 0.4) is 0 Å². The second-order valence-electron chi connectivity index (χ2n) is 5.93. The van der Waals surface area contributed by atoms with Gasteiger partial charge in [0.15, 0.2) is 10.7 Å². The number of nitrogens with zero attached hydrogens (tertiary/aromatic N) is 2. The molecule has 4 rings (SSSR count). The highest BCUT2D eigenvalue weighted by Gasteiger charge is 2.09. The number of thiazole rings is 1. The number of nitro groups is 1. The van der Waals surface area contributed by atoms with E-state index in [-0.39, 0.29) is 11.6 Å². The highest BCUT2D eigenvalue weighted by Crippen LogP contribution is 2.27. The molecule has 9 nitrogen and oxygen atoms in total. The number of carbonyl (C=O) groups excluding carboxylic acids is 1. The van der Waals surface area contributed by atoms with Crippen molar-refractivity contribution in [3.63, 3.8) is 0 Å². The zero-order chi connectivity index (χ0) is 20.4. The molecule has 4 aromatic rings. The van der Waals surface area contributed by atoms with E-state index >= 15 is 0 Å². The number of amides is 1. The number of anilines is 1. The molecule has 2 N–H and O–H groups in total. The maximum atomic E-state index is 12.1. The normalized spacial score (nSPS) is 11.2. The van der Waals surface area contributed by atoms with Crippen molar-refractivity contribution in [2.45, 2.75) is 0 Å². The fourth-order valence-electron chi connectivity index (χ4n) is 2.60. The van der Waals surface area contributed by atoms with E-state index in [4.69, 9.17) is 4.42 Å². The van der Waals surface area contributed by atoms with E-state index in [2.05, 4.69) is 15.3 Å². The molecule has 0 bridgehead atoms. The van der Waals surface area contributed by atoms with Gasteiger partial charge in [-0.3, -0.25) is 25.2 Å². The maximum Gasteiger partial charge on any atom is 0.417 e. The molecule has 0 unspecified atom stereocenters. The quantitative estimate of drug-likeness (QED) is 0.293. The van der Waals surface area contributed by atoms with Crippen LogP contribution < -0.4 is 11.1 Å². The van der Waals surface area contributed by atoms with E-state index in [1.807, 2.05) is 0 Å². The number of oxazole rings is 1. The smallest absolute Gasteiger partial charge is 0.408 e. The summed E-state index contributed by atoms with van der Waals surface area (Å²) in [6.45, 7) is 0. The Labute approximate surface area is 166 Å². The third-order valence-electron chi connectivity index (χ3n) is 3.98. The largest absolute Gasteiger partial charge is 0.417 e. The zero-order valence-electron chi connectivity index (χ0n) is 14.6. The monoisotopic (exact) mass is 408 g/mol. The molecule has 0 aliphatic carbocycles. The van der Waals surface area contributed by atoms with Gasteiger partial charge in [0.05, 0.1) is 16.1 Å². The Bertz CT molecular complexity index is 1300. The molecular formula is C19H12N4O5S. The summed E-state index contributed by atoms with van der Waals surface area (Å²) in [7, 11) is 0. The molecule has 0 aliphatic heterocycles. The summed E-state index contributed by atoms with van der Waals surface area (Å²) >= 11 is 1.26. The van der Waals surface area contributed by atoms with Crippen LogP contribution in [-0.2, 0) is 4.79 Å². The molecule has 10 heteroatoms. The number of H-pyrrole nitrogens is 1. The number of hydrogen-bond acceptors (Lipinski definition) is 7. The van der Waals surface area contributed by atoms with Gasteiger partial charge in [-0.2, -0.15) is 0 Å². The van der Waals surface area contributed by atoms with E-state index in [9.17, 15) is 19.7 Å². The van der Waals surface area contributed by atoms with Gasteiger partial charge in [0.2, 0.25) is 5.91 Å². The van der Waals surface area contributed by atoms with Gasteiger partial charge in [0.25, 0.3) is 5.69 Å². The Kier molecular flexibility index (Phi) is 4.75. The van der Waals surface area contributed by atoms with E-state index in [1.54, 1.807) is 41.8 Å². The standard InChI is InChI=1S/C19H12N4O5S/c24-17(8-3-11-1-5-13(6-2-11)23(26)27)22-18-20-15(10-29-18)12-4-7-16-14(9-12)21-19(25)28-16/h1-10H,(H,21,25)(H,20,22,24)/b8-3+. The zero-order valence-corrected chi connectivity index (χ0v) is 15.4. The summed E-state index contributed by atoms with van der Waals surface area (Å²) in [4.78, 5) is 40.5. The molecule has 0 fully saturated rings. The predicted octanol–water partition coefficient (Wildman–Crippen LogP) is 3.80. The SMILES string of the molecule is O=C(/C=C/c1ccc([N+](=O)[O-])cc1)Nc1nc(-c2ccc3oc(=O)[nH]c3c2)cs1. The topological polar surface area (TPSA) is 131 Å². The van der Waals surface area contributed by atoms with Crippen LogP contribution >= 0.6 is 11.3 Å². The lowest BCUT2D eigenvalue weighted by Gasteiger charge is -1.98. The molecule has 1 amide bonds. The van der Waals surface area contributed by atoms with Crippen molar-refractivity contribution < 1.29 is 14.1 Å². The summed E-state index contributed by atoms with van der Waals surface area (Å²) in [6, 6.07) is 11.0. The van der Waals surface area contributed by atoms with Crippen LogP contribution in [0.15, 0.2) is 63.1 Å². The van der Waals surface area contributed by atoms with Gasteiger partial charge < -0.3 is 4.42 Å². The Balaban J connectivity index is 1.44. The van der Waals surface area contributed by atoms with Crippen molar-refractivity contribution >= 4 is 45.2 Å². The van der Waals surface area contributed by atoms with Crippen LogP contribution in [0.4, 0.5) is 10.8 Å². The Morgan fingerprint density at radius 3 is 2.79 bits per heavy atom. The number of nitrogens with one attached hydrogen (secondary N) is 2. The van der Waals surface area contributed by atoms with Gasteiger partial charge in [0.1, 0.15) is 0 Å². The summed E-state index contributed by atoms with van der Waals surface area (Å²) in [5, 5.41) is 15.5. The molecule has 2 aromatic heterocycles. The van der Waals surface area contributed by atoms with Crippen molar-refractivity contribution in [1.29, 1.82) is 0 Å². The summed E-state index contributed by atoms with van der Waals surface area (Å²) in [5.41, 5.74) is 3.09. The lowest BCUT2D eigenvalue weighted by molar-refractivity contribution is -0.384. The fraction of sp³-hybridized carbons (Fsp3) is 0. The van der Waals surface area contributed by atoms with Gasteiger partial charge in [-0.05, 0) is 42.0 Å². The first-order valence-electron chi connectivity index (χ1n) is 8.30. The Hall–Kier alpha value is -4.05. The van der Waals surface area contributed by atoms with Gasteiger partial charge in [0, 0.05) is 29.2 Å². The lowest BCUT2D eigenvalue weighted by atomic mass is 10.1. The molecule has 2 aromatic carbocycles. The minimum absolute atomic E-state index is 0.0143. The van der Waals surface area contributed by atoms with Gasteiger partial charge in [-0.15, -0.1) is 11.3 Å². The number of aromatic nitrogens is 2. The number of hydrogen-bond donors (Lipinski definition) is 2. The Morgan fingerprint density at radius 2 is 2.03 bits per heavy atom. The number of carbonyl (C=O) groups is 1. The van der Waals surface area contributed by atoms with E-state index in [1.165, 1.54) is 29.5 Å². The number of non-ortho nitro benzene ring substituents is 1. The van der Waals surface area contributed by atoms with E-state index < -0.39 is 10.7 Å². The van der Waals surface area contributed by atoms with Crippen molar-refractivity contribution in [3.05, 3.63) is 80.1 Å². The van der Waals surface area contributed by atoms with Crippen LogP contribution in [-0.4, -0.2) is 20.8 Å². The first-order chi connectivity index (χ1) is 14.0. The van der Waals surface area contributed by atoms with Crippen LogP contribution in [0.5, 0.6) is 0 Å². The summed E-state index contributed by atoms with van der Waals surface area (Å²) < 4.78 is 4.97. The average molecular weight is 408 g/mol. The molecule has 0 aliphatic rings. The second-order valence-corrected chi connectivity index (χ2v) is 6.79. The predicted molar refractivity (Wildman–Crippen MR) is 109 cm³/mol. The molecule has 144 valence electrons. The molecule has 0 saturated carbocycles. The molecule has 0 saturated heterocycles. The highest BCUT2D eigenvalue weighted by molar-refractivity contribution is 7.14. The maximum absolute atomic E-state index is 12.1. The first kappa shape index (κ1) is 18.3.